The van der Waals surface area contributed by atoms with Crippen LogP contribution in [-0.4, -0.2) is 19.3 Å². The van der Waals surface area contributed by atoms with Crippen molar-refractivity contribution in [1.82, 2.24) is 5.32 Å². The Labute approximate surface area is 97.2 Å². The summed E-state index contributed by atoms with van der Waals surface area (Å²) in [5.74, 6) is 0.995. The molecule has 0 amide bonds. The van der Waals surface area contributed by atoms with Crippen LogP contribution in [0.15, 0.2) is 22.8 Å². The van der Waals surface area contributed by atoms with Crippen molar-refractivity contribution in [3.8, 4) is 0 Å². The second-order valence-electron chi connectivity index (χ2n) is 4.53. The van der Waals surface area contributed by atoms with Crippen molar-refractivity contribution < 1.29 is 9.15 Å². The van der Waals surface area contributed by atoms with Gasteiger partial charge in [0.15, 0.2) is 0 Å². The fourth-order valence-corrected chi connectivity index (χ4v) is 2.43. The second kappa shape index (κ2) is 5.02. The largest absolute Gasteiger partial charge is 0.468 e. The van der Waals surface area contributed by atoms with Gasteiger partial charge in [-0.15, -0.1) is 0 Å². The lowest BCUT2D eigenvalue weighted by Gasteiger charge is -2.46. The average Bonchev–Trinajstić information content (AvgIpc) is 2.75. The molecule has 1 aromatic rings. The molecular weight excluding hydrogens is 202 g/mol. The van der Waals surface area contributed by atoms with Crippen LogP contribution in [0, 0.1) is 0 Å². The maximum absolute atomic E-state index is 5.73. The summed E-state index contributed by atoms with van der Waals surface area (Å²) in [6.07, 6.45) is 6.34. The summed E-state index contributed by atoms with van der Waals surface area (Å²) < 4.78 is 11.3. The highest BCUT2D eigenvalue weighted by Crippen LogP contribution is 2.44. The third-order valence-electron chi connectivity index (χ3n) is 3.56. The Kier molecular flexibility index (Phi) is 3.66. The van der Waals surface area contributed by atoms with E-state index in [1.165, 1.54) is 6.42 Å². The number of methoxy groups -OCH3 is 1. The van der Waals surface area contributed by atoms with Gasteiger partial charge in [-0.1, -0.05) is 6.92 Å². The maximum atomic E-state index is 5.73. The fourth-order valence-electron chi connectivity index (χ4n) is 2.43. The monoisotopic (exact) mass is 223 g/mol. The third kappa shape index (κ3) is 2.02. The molecule has 1 heterocycles. The molecule has 1 aliphatic carbocycles. The molecule has 0 saturated heterocycles. The van der Waals surface area contributed by atoms with Crippen molar-refractivity contribution in [3.63, 3.8) is 0 Å². The molecule has 16 heavy (non-hydrogen) atoms. The van der Waals surface area contributed by atoms with Gasteiger partial charge in [-0.05, 0) is 44.4 Å². The molecule has 90 valence electrons. The van der Waals surface area contributed by atoms with Gasteiger partial charge in [-0.2, -0.15) is 0 Å². The molecule has 2 rings (SSSR count). The first kappa shape index (κ1) is 11.7. The summed E-state index contributed by atoms with van der Waals surface area (Å²) in [6.45, 7) is 3.17. The summed E-state index contributed by atoms with van der Waals surface area (Å²) in [6, 6.07) is 4.17. The highest BCUT2D eigenvalue weighted by molar-refractivity contribution is 5.13. The number of hydrogen-bond donors (Lipinski definition) is 1. The minimum absolute atomic E-state index is 0.0486. The van der Waals surface area contributed by atoms with Crippen molar-refractivity contribution in [1.29, 1.82) is 0 Å². The Morgan fingerprint density at radius 2 is 2.38 bits per heavy atom. The van der Waals surface area contributed by atoms with Gasteiger partial charge >= 0.3 is 0 Å². The van der Waals surface area contributed by atoms with Crippen LogP contribution >= 0.6 is 0 Å². The molecule has 3 nitrogen and oxygen atoms in total. The highest BCUT2D eigenvalue weighted by Gasteiger charge is 2.46. The second-order valence-corrected chi connectivity index (χ2v) is 4.53. The van der Waals surface area contributed by atoms with Crippen LogP contribution in [0.25, 0.3) is 0 Å². The molecule has 0 spiro atoms. The molecule has 0 bridgehead atoms. The van der Waals surface area contributed by atoms with Gasteiger partial charge < -0.3 is 14.5 Å². The van der Waals surface area contributed by atoms with Gasteiger partial charge in [0, 0.05) is 7.11 Å². The Morgan fingerprint density at radius 1 is 1.56 bits per heavy atom. The van der Waals surface area contributed by atoms with E-state index in [-0.39, 0.29) is 11.6 Å². The fraction of sp³-hybridized carbons (Fsp3) is 0.692. The van der Waals surface area contributed by atoms with Gasteiger partial charge in [-0.3, -0.25) is 0 Å². The van der Waals surface area contributed by atoms with E-state index < -0.39 is 0 Å². The molecule has 3 heteroatoms. The van der Waals surface area contributed by atoms with E-state index in [4.69, 9.17) is 9.15 Å². The molecule has 1 N–H and O–H groups in total. The van der Waals surface area contributed by atoms with E-state index in [2.05, 4.69) is 12.2 Å². The zero-order valence-electron chi connectivity index (χ0n) is 10.2. The molecule has 0 aliphatic heterocycles. The van der Waals surface area contributed by atoms with E-state index in [0.29, 0.717) is 0 Å². The number of furan rings is 1. The lowest BCUT2D eigenvalue weighted by molar-refractivity contribution is -0.104. The lowest BCUT2D eigenvalue weighted by Crippen LogP contribution is -2.50. The van der Waals surface area contributed by atoms with Gasteiger partial charge in [0.1, 0.15) is 5.76 Å². The van der Waals surface area contributed by atoms with Crippen LogP contribution in [-0.2, 0) is 4.74 Å². The minimum Gasteiger partial charge on any atom is -0.468 e. The van der Waals surface area contributed by atoms with Crippen LogP contribution in [0.1, 0.15) is 44.4 Å². The number of ether oxygens (including phenoxy) is 1. The van der Waals surface area contributed by atoms with Crippen LogP contribution in [0.4, 0.5) is 0 Å². The van der Waals surface area contributed by atoms with Crippen molar-refractivity contribution in [2.75, 3.05) is 13.7 Å². The smallest absolute Gasteiger partial charge is 0.123 e. The number of nitrogens with one attached hydrogen (secondary N) is 1. The first-order valence-corrected chi connectivity index (χ1v) is 6.14. The summed E-state index contributed by atoms with van der Waals surface area (Å²) in [5.41, 5.74) is -0.0486. The third-order valence-corrected chi connectivity index (χ3v) is 3.56. The van der Waals surface area contributed by atoms with Gasteiger partial charge in [-0.25, -0.2) is 0 Å². The minimum atomic E-state index is -0.0486. The summed E-state index contributed by atoms with van der Waals surface area (Å²) in [4.78, 5) is 0. The van der Waals surface area contributed by atoms with E-state index >= 15 is 0 Å². The predicted octanol–water partition coefficient (Wildman–Crippen LogP) is 2.89. The topological polar surface area (TPSA) is 34.4 Å². The summed E-state index contributed by atoms with van der Waals surface area (Å²) >= 11 is 0. The first-order chi connectivity index (χ1) is 7.82. The predicted molar refractivity (Wildman–Crippen MR) is 63.3 cm³/mol. The number of hydrogen-bond acceptors (Lipinski definition) is 3. The van der Waals surface area contributed by atoms with Crippen molar-refractivity contribution in [2.24, 2.45) is 0 Å². The maximum Gasteiger partial charge on any atom is 0.123 e. The molecule has 0 radical (unpaired) electrons. The van der Waals surface area contributed by atoms with Crippen LogP contribution in [0.5, 0.6) is 0 Å². The SMILES string of the molecule is CCCNC(c1ccco1)C1(OC)CCC1. The highest BCUT2D eigenvalue weighted by atomic mass is 16.5. The van der Waals surface area contributed by atoms with Crippen LogP contribution in [0.2, 0.25) is 0 Å². The van der Waals surface area contributed by atoms with E-state index in [0.717, 1.165) is 31.6 Å². The zero-order valence-corrected chi connectivity index (χ0v) is 10.2. The number of rotatable bonds is 6. The van der Waals surface area contributed by atoms with Crippen molar-refractivity contribution in [2.45, 2.75) is 44.2 Å². The molecular formula is C13H21NO2. The molecule has 1 aromatic heterocycles. The Bertz CT molecular complexity index is 298. The Balaban J connectivity index is 2.14. The zero-order chi connectivity index (χ0) is 11.4. The summed E-state index contributed by atoms with van der Waals surface area (Å²) in [5, 5.41) is 3.55. The van der Waals surface area contributed by atoms with Crippen molar-refractivity contribution >= 4 is 0 Å². The Morgan fingerprint density at radius 3 is 2.81 bits per heavy atom. The van der Waals surface area contributed by atoms with E-state index in [1.54, 1.807) is 6.26 Å². The van der Waals surface area contributed by atoms with Gasteiger partial charge in [0.05, 0.1) is 17.9 Å². The lowest BCUT2D eigenvalue weighted by atomic mass is 9.73. The normalized spacial score (nSPS) is 20.4. The Hall–Kier alpha value is -0.800. The van der Waals surface area contributed by atoms with Crippen LogP contribution in [0.3, 0.4) is 0 Å². The standard InChI is InChI=1S/C13H21NO2/c1-3-9-14-12(11-6-4-10-16-11)13(15-2)7-5-8-13/h4,6,10,12,14H,3,5,7-9H2,1-2H3. The summed E-state index contributed by atoms with van der Waals surface area (Å²) in [7, 11) is 1.81. The first-order valence-electron chi connectivity index (χ1n) is 6.14. The van der Waals surface area contributed by atoms with E-state index in [9.17, 15) is 0 Å². The van der Waals surface area contributed by atoms with Crippen molar-refractivity contribution in [3.05, 3.63) is 24.2 Å². The quantitative estimate of drug-likeness (QED) is 0.805. The molecule has 1 unspecified atom stereocenters. The molecule has 1 atom stereocenters. The van der Waals surface area contributed by atoms with E-state index in [1.807, 2.05) is 19.2 Å². The average molecular weight is 223 g/mol. The molecule has 1 saturated carbocycles. The van der Waals surface area contributed by atoms with Gasteiger partial charge in [0.25, 0.3) is 0 Å². The van der Waals surface area contributed by atoms with Gasteiger partial charge in [0.2, 0.25) is 0 Å². The molecule has 1 fully saturated rings. The van der Waals surface area contributed by atoms with Crippen LogP contribution < -0.4 is 5.32 Å². The molecule has 1 aliphatic rings. The molecule has 0 aromatic carbocycles.